The van der Waals surface area contributed by atoms with Crippen LogP contribution < -0.4 is 15.4 Å². The van der Waals surface area contributed by atoms with Crippen LogP contribution in [0.1, 0.15) is 41.4 Å². The van der Waals surface area contributed by atoms with Gasteiger partial charge in [0.1, 0.15) is 5.75 Å². The second kappa shape index (κ2) is 9.74. The second-order valence-corrected chi connectivity index (χ2v) is 7.17. The van der Waals surface area contributed by atoms with Crippen molar-refractivity contribution >= 4 is 17.5 Å². The molecule has 0 saturated carbocycles. The summed E-state index contributed by atoms with van der Waals surface area (Å²) < 4.78 is 5.79. The van der Waals surface area contributed by atoms with Gasteiger partial charge in [0, 0.05) is 0 Å². The molecule has 0 aliphatic carbocycles. The molecule has 0 fully saturated rings. The number of amides is 2. The van der Waals surface area contributed by atoms with Gasteiger partial charge in [0.15, 0.2) is 6.10 Å². The molecule has 0 aliphatic rings. The summed E-state index contributed by atoms with van der Waals surface area (Å²) in [4.78, 5) is 25.5. The first-order chi connectivity index (χ1) is 14.5. The first-order valence-electron chi connectivity index (χ1n) is 9.93. The zero-order valence-electron chi connectivity index (χ0n) is 17.4. The quantitative estimate of drug-likeness (QED) is 0.591. The molecule has 3 aromatic rings. The van der Waals surface area contributed by atoms with E-state index in [1.165, 1.54) is 0 Å². The molecule has 154 valence electrons. The van der Waals surface area contributed by atoms with Crippen LogP contribution in [0.25, 0.3) is 0 Å². The van der Waals surface area contributed by atoms with Crippen molar-refractivity contribution in [2.45, 2.75) is 32.9 Å². The number of carbonyl (C=O) groups is 2. The summed E-state index contributed by atoms with van der Waals surface area (Å²) in [5.41, 5.74) is 2.80. The largest absolute Gasteiger partial charge is 0.481 e. The van der Waals surface area contributed by atoms with Crippen LogP contribution in [0.4, 0.5) is 5.69 Å². The van der Waals surface area contributed by atoms with E-state index in [0.29, 0.717) is 17.0 Å². The lowest BCUT2D eigenvalue weighted by molar-refractivity contribution is -0.122. The Balaban J connectivity index is 1.69. The Kier molecular flexibility index (Phi) is 6.86. The molecular weight excluding hydrogens is 376 g/mol. The molecule has 0 bridgehead atoms. The number of para-hydroxylation sites is 2. The van der Waals surface area contributed by atoms with E-state index in [1.54, 1.807) is 31.2 Å². The third kappa shape index (κ3) is 5.26. The van der Waals surface area contributed by atoms with Crippen LogP contribution in [0.15, 0.2) is 78.9 Å². The first kappa shape index (κ1) is 21.1. The summed E-state index contributed by atoms with van der Waals surface area (Å²) in [6.45, 7) is 5.53. The molecule has 2 N–H and O–H groups in total. The molecule has 0 radical (unpaired) electrons. The van der Waals surface area contributed by atoms with E-state index in [0.717, 1.165) is 11.1 Å². The molecular formula is C25H26N2O3. The minimum absolute atomic E-state index is 0.161. The van der Waals surface area contributed by atoms with Gasteiger partial charge in [-0.05, 0) is 50.1 Å². The van der Waals surface area contributed by atoms with Crippen LogP contribution in [0.5, 0.6) is 5.75 Å². The van der Waals surface area contributed by atoms with Crippen molar-refractivity contribution in [2.24, 2.45) is 0 Å². The van der Waals surface area contributed by atoms with Gasteiger partial charge in [-0.1, -0.05) is 60.7 Å². The van der Waals surface area contributed by atoms with Gasteiger partial charge in [-0.3, -0.25) is 9.59 Å². The Morgan fingerprint density at radius 3 is 2.20 bits per heavy atom. The van der Waals surface area contributed by atoms with Crippen molar-refractivity contribution in [3.05, 3.63) is 95.6 Å². The second-order valence-electron chi connectivity index (χ2n) is 7.17. The number of hydrogen-bond acceptors (Lipinski definition) is 3. The van der Waals surface area contributed by atoms with E-state index >= 15 is 0 Å². The molecule has 0 heterocycles. The highest BCUT2D eigenvalue weighted by atomic mass is 16.5. The van der Waals surface area contributed by atoms with E-state index in [-0.39, 0.29) is 17.9 Å². The van der Waals surface area contributed by atoms with Crippen molar-refractivity contribution in [3.8, 4) is 5.75 Å². The molecule has 0 aliphatic heterocycles. The Bertz CT molecular complexity index is 1020. The van der Waals surface area contributed by atoms with Gasteiger partial charge >= 0.3 is 0 Å². The molecule has 0 spiro atoms. The van der Waals surface area contributed by atoms with Gasteiger partial charge in [-0.2, -0.15) is 0 Å². The number of aryl methyl sites for hydroxylation is 1. The number of benzene rings is 3. The summed E-state index contributed by atoms with van der Waals surface area (Å²) in [5.74, 6) is 0.0761. The van der Waals surface area contributed by atoms with Crippen LogP contribution >= 0.6 is 0 Å². The van der Waals surface area contributed by atoms with Gasteiger partial charge in [-0.15, -0.1) is 0 Å². The summed E-state index contributed by atoms with van der Waals surface area (Å²) in [5, 5.41) is 5.80. The van der Waals surface area contributed by atoms with E-state index in [4.69, 9.17) is 4.74 Å². The number of anilines is 1. The van der Waals surface area contributed by atoms with Crippen molar-refractivity contribution in [3.63, 3.8) is 0 Å². The number of nitrogens with one attached hydrogen (secondary N) is 2. The van der Waals surface area contributed by atoms with Crippen LogP contribution in [0.3, 0.4) is 0 Å². The van der Waals surface area contributed by atoms with Gasteiger partial charge in [0.25, 0.3) is 11.8 Å². The predicted octanol–water partition coefficient (Wildman–Crippen LogP) is 4.89. The molecule has 0 aromatic heterocycles. The number of hydrogen-bond donors (Lipinski definition) is 2. The Labute approximate surface area is 177 Å². The number of ether oxygens (including phenoxy) is 1. The molecule has 30 heavy (non-hydrogen) atoms. The fraction of sp³-hybridized carbons (Fsp3) is 0.200. The fourth-order valence-electron chi connectivity index (χ4n) is 3.06. The van der Waals surface area contributed by atoms with E-state index in [1.807, 2.05) is 68.4 Å². The van der Waals surface area contributed by atoms with Crippen molar-refractivity contribution in [1.29, 1.82) is 0 Å². The first-order valence-corrected chi connectivity index (χ1v) is 9.93. The molecule has 0 saturated heterocycles. The van der Waals surface area contributed by atoms with E-state index in [2.05, 4.69) is 10.6 Å². The normalized spacial score (nSPS) is 12.5. The smallest absolute Gasteiger partial charge is 0.265 e. The molecule has 3 rings (SSSR count). The minimum Gasteiger partial charge on any atom is -0.481 e. The SMILES string of the molecule is Cc1ccccc1O[C@H](C)C(=O)Nc1ccccc1C(=O)N[C@@H](C)c1ccccc1. The molecule has 0 unspecified atom stereocenters. The van der Waals surface area contributed by atoms with Crippen LogP contribution in [-0.4, -0.2) is 17.9 Å². The lowest BCUT2D eigenvalue weighted by atomic mass is 10.1. The lowest BCUT2D eigenvalue weighted by Gasteiger charge is -2.19. The van der Waals surface area contributed by atoms with Gasteiger partial charge in [0.05, 0.1) is 17.3 Å². The minimum atomic E-state index is -0.717. The van der Waals surface area contributed by atoms with E-state index < -0.39 is 6.10 Å². The van der Waals surface area contributed by atoms with Gasteiger partial charge in [-0.25, -0.2) is 0 Å². The molecule has 2 amide bonds. The summed E-state index contributed by atoms with van der Waals surface area (Å²) in [6.07, 6.45) is -0.717. The summed E-state index contributed by atoms with van der Waals surface area (Å²) in [6, 6.07) is 24.0. The maximum Gasteiger partial charge on any atom is 0.265 e. The lowest BCUT2D eigenvalue weighted by Crippen LogP contribution is -2.32. The van der Waals surface area contributed by atoms with Crippen LogP contribution in [0.2, 0.25) is 0 Å². The topological polar surface area (TPSA) is 67.4 Å². The van der Waals surface area contributed by atoms with Crippen molar-refractivity contribution in [1.82, 2.24) is 5.32 Å². The van der Waals surface area contributed by atoms with E-state index in [9.17, 15) is 9.59 Å². The predicted molar refractivity (Wildman–Crippen MR) is 119 cm³/mol. The Hall–Kier alpha value is -3.60. The van der Waals surface area contributed by atoms with Gasteiger partial charge in [0.2, 0.25) is 0 Å². The Morgan fingerprint density at radius 1 is 0.833 bits per heavy atom. The molecule has 5 heteroatoms. The molecule has 3 aromatic carbocycles. The van der Waals surface area contributed by atoms with Gasteiger partial charge < -0.3 is 15.4 Å². The highest BCUT2D eigenvalue weighted by molar-refractivity contribution is 6.04. The highest BCUT2D eigenvalue weighted by Crippen LogP contribution is 2.20. The average molecular weight is 402 g/mol. The third-order valence-corrected chi connectivity index (χ3v) is 4.84. The zero-order chi connectivity index (χ0) is 21.5. The fourth-order valence-corrected chi connectivity index (χ4v) is 3.06. The third-order valence-electron chi connectivity index (χ3n) is 4.84. The zero-order valence-corrected chi connectivity index (χ0v) is 17.4. The number of carbonyl (C=O) groups excluding carboxylic acids is 2. The summed E-state index contributed by atoms with van der Waals surface area (Å²) >= 11 is 0. The highest BCUT2D eigenvalue weighted by Gasteiger charge is 2.20. The Morgan fingerprint density at radius 2 is 1.47 bits per heavy atom. The average Bonchev–Trinajstić information content (AvgIpc) is 2.76. The van der Waals surface area contributed by atoms with Crippen molar-refractivity contribution < 1.29 is 14.3 Å². The van der Waals surface area contributed by atoms with Crippen LogP contribution in [0, 0.1) is 6.92 Å². The monoisotopic (exact) mass is 402 g/mol. The standard InChI is InChI=1S/C25H26N2O3/c1-17-11-7-10-16-23(17)30-19(3)24(28)27-22-15-9-8-14-21(22)25(29)26-18(2)20-12-5-4-6-13-20/h4-16,18-19H,1-3H3,(H,26,29)(H,27,28)/t18-,19+/m0/s1. The number of rotatable bonds is 7. The maximum absolute atomic E-state index is 12.8. The molecule has 2 atom stereocenters. The summed E-state index contributed by atoms with van der Waals surface area (Å²) in [7, 11) is 0. The van der Waals surface area contributed by atoms with Crippen LogP contribution in [-0.2, 0) is 4.79 Å². The van der Waals surface area contributed by atoms with Crippen molar-refractivity contribution in [2.75, 3.05) is 5.32 Å². The maximum atomic E-state index is 12.8. The molecule has 5 nitrogen and oxygen atoms in total.